The van der Waals surface area contributed by atoms with E-state index in [0.717, 1.165) is 18.0 Å². The van der Waals surface area contributed by atoms with Crippen LogP contribution in [-0.4, -0.2) is 35.2 Å². The number of rotatable bonds is 3. The molecule has 2 heteroatoms. The van der Waals surface area contributed by atoms with Gasteiger partial charge in [-0.2, -0.15) is 0 Å². The van der Waals surface area contributed by atoms with Crippen molar-refractivity contribution in [2.24, 2.45) is 11.8 Å². The number of hydrogen-bond donors (Lipinski definition) is 1. The second-order valence-corrected chi connectivity index (χ2v) is 5.90. The molecule has 2 atom stereocenters. The Labute approximate surface area is 92.7 Å². The van der Waals surface area contributed by atoms with Crippen molar-refractivity contribution in [1.82, 2.24) is 4.90 Å². The molecular weight excluding hydrogens is 186 g/mol. The summed E-state index contributed by atoms with van der Waals surface area (Å²) in [6.45, 7) is 1.79. The molecule has 2 nitrogen and oxygen atoms in total. The maximum atomic E-state index is 9.31. The van der Waals surface area contributed by atoms with E-state index >= 15 is 0 Å². The van der Waals surface area contributed by atoms with E-state index in [1.807, 2.05) is 0 Å². The van der Waals surface area contributed by atoms with E-state index in [1.165, 1.54) is 51.5 Å². The van der Waals surface area contributed by atoms with Crippen LogP contribution in [0.3, 0.4) is 0 Å². The summed E-state index contributed by atoms with van der Waals surface area (Å²) in [6.07, 6.45) is 9.67. The van der Waals surface area contributed by atoms with Crippen molar-refractivity contribution in [2.45, 2.75) is 57.0 Å². The number of fused-ring (bicyclic) bond motifs is 2. The van der Waals surface area contributed by atoms with Crippen molar-refractivity contribution in [2.75, 3.05) is 13.2 Å². The van der Waals surface area contributed by atoms with Crippen LogP contribution in [0.5, 0.6) is 0 Å². The molecule has 0 aromatic rings. The highest BCUT2D eigenvalue weighted by molar-refractivity contribution is 4.94. The predicted octanol–water partition coefficient (Wildman–Crippen LogP) is 2.02. The minimum atomic E-state index is 0.421. The van der Waals surface area contributed by atoms with Crippen LogP contribution < -0.4 is 0 Å². The van der Waals surface area contributed by atoms with Gasteiger partial charge in [0.1, 0.15) is 0 Å². The summed E-state index contributed by atoms with van der Waals surface area (Å²) in [4.78, 5) is 2.80. The highest BCUT2D eigenvalue weighted by atomic mass is 16.3. The normalized spacial score (nSPS) is 41.8. The number of nitrogens with zero attached hydrogens (tertiary/aromatic N) is 1. The second-order valence-electron chi connectivity index (χ2n) is 5.90. The average Bonchev–Trinajstić information content (AvgIpc) is 3.01. The van der Waals surface area contributed by atoms with E-state index in [0.29, 0.717) is 12.5 Å². The highest BCUT2D eigenvalue weighted by Gasteiger charge is 2.39. The van der Waals surface area contributed by atoms with Crippen molar-refractivity contribution in [3.05, 3.63) is 0 Å². The molecule has 3 fully saturated rings. The molecule has 86 valence electrons. The third kappa shape index (κ3) is 2.07. The second kappa shape index (κ2) is 4.06. The summed E-state index contributed by atoms with van der Waals surface area (Å²) in [5.41, 5.74) is 0. The monoisotopic (exact) mass is 209 g/mol. The van der Waals surface area contributed by atoms with Crippen molar-refractivity contribution in [1.29, 1.82) is 0 Å². The van der Waals surface area contributed by atoms with Crippen molar-refractivity contribution >= 4 is 0 Å². The zero-order valence-corrected chi connectivity index (χ0v) is 9.57. The molecule has 15 heavy (non-hydrogen) atoms. The van der Waals surface area contributed by atoms with Gasteiger partial charge < -0.3 is 5.11 Å². The van der Waals surface area contributed by atoms with E-state index in [2.05, 4.69) is 4.90 Å². The van der Waals surface area contributed by atoms with Gasteiger partial charge in [-0.25, -0.2) is 0 Å². The Hall–Kier alpha value is -0.0800. The first-order valence-electron chi connectivity index (χ1n) is 6.73. The van der Waals surface area contributed by atoms with Crippen LogP contribution in [0.25, 0.3) is 0 Å². The van der Waals surface area contributed by atoms with Gasteiger partial charge in [0.05, 0.1) is 0 Å². The van der Waals surface area contributed by atoms with Gasteiger partial charge in [-0.3, -0.25) is 4.90 Å². The maximum Gasteiger partial charge on any atom is 0.0460 e. The first-order chi connectivity index (χ1) is 7.36. The molecule has 0 aromatic carbocycles. The lowest BCUT2D eigenvalue weighted by atomic mass is 9.78. The number of aliphatic hydroxyl groups excluding tert-OH is 1. The van der Waals surface area contributed by atoms with Crippen molar-refractivity contribution in [3.63, 3.8) is 0 Å². The predicted molar refractivity (Wildman–Crippen MR) is 60.7 cm³/mol. The van der Waals surface area contributed by atoms with Crippen LogP contribution in [-0.2, 0) is 0 Å². The third-order valence-corrected chi connectivity index (χ3v) is 4.65. The van der Waals surface area contributed by atoms with Crippen molar-refractivity contribution in [3.8, 4) is 0 Å². The summed E-state index contributed by atoms with van der Waals surface area (Å²) in [6, 6.07) is 1.63. The molecule has 0 spiro atoms. The van der Waals surface area contributed by atoms with E-state index in [1.54, 1.807) is 0 Å². The molecule has 0 radical (unpaired) electrons. The summed E-state index contributed by atoms with van der Waals surface area (Å²) < 4.78 is 0. The lowest BCUT2D eigenvalue weighted by Gasteiger charge is -2.49. The Bertz CT molecular complexity index is 213. The Kier molecular flexibility index (Phi) is 2.73. The van der Waals surface area contributed by atoms with Gasteiger partial charge in [0.2, 0.25) is 0 Å². The highest BCUT2D eigenvalue weighted by Crippen LogP contribution is 2.40. The van der Waals surface area contributed by atoms with Gasteiger partial charge in [-0.1, -0.05) is 6.42 Å². The topological polar surface area (TPSA) is 23.5 Å². The van der Waals surface area contributed by atoms with Gasteiger partial charge in [0.15, 0.2) is 0 Å². The Morgan fingerprint density at radius 3 is 2.13 bits per heavy atom. The molecule has 1 N–H and O–H groups in total. The van der Waals surface area contributed by atoms with E-state index < -0.39 is 0 Å². The van der Waals surface area contributed by atoms with E-state index in [4.69, 9.17) is 0 Å². The van der Waals surface area contributed by atoms with Gasteiger partial charge >= 0.3 is 0 Å². The SMILES string of the molecule is OCC1C[C@H]2CCC[C@H](C1)N2CC1CC1. The number of piperidine rings is 2. The minimum absolute atomic E-state index is 0.421. The summed E-state index contributed by atoms with van der Waals surface area (Å²) in [5.74, 6) is 1.63. The summed E-state index contributed by atoms with van der Waals surface area (Å²) in [7, 11) is 0. The first-order valence-corrected chi connectivity index (χ1v) is 6.73. The van der Waals surface area contributed by atoms with Crippen LogP contribution >= 0.6 is 0 Å². The lowest BCUT2D eigenvalue weighted by molar-refractivity contribution is -0.00398. The fourth-order valence-electron chi connectivity index (χ4n) is 3.64. The molecule has 0 unspecified atom stereocenters. The molecule has 0 aromatic heterocycles. The first kappa shape index (κ1) is 10.1. The molecule has 3 rings (SSSR count). The standard InChI is InChI=1S/C13H23NO/c15-9-11-6-12-2-1-3-13(7-11)14(12)8-10-4-5-10/h10-13,15H,1-9H2/t12-,13-/m1/s1. The molecule has 2 aliphatic heterocycles. The molecule has 2 bridgehead atoms. The summed E-state index contributed by atoms with van der Waals surface area (Å²) >= 11 is 0. The smallest absolute Gasteiger partial charge is 0.0460 e. The Morgan fingerprint density at radius 1 is 0.933 bits per heavy atom. The van der Waals surface area contributed by atoms with Crippen LogP contribution in [0.2, 0.25) is 0 Å². The molecule has 1 aliphatic carbocycles. The van der Waals surface area contributed by atoms with Crippen LogP contribution in [0.15, 0.2) is 0 Å². The van der Waals surface area contributed by atoms with E-state index in [9.17, 15) is 5.11 Å². The molecule has 2 saturated heterocycles. The van der Waals surface area contributed by atoms with E-state index in [-0.39, 0.29) is 0 Å². The number of hydrogen-bond acceptors (Lipinski definition) is 2. The molecule has 3 aliphatic rings. The van der Waals surface area contributed by atoms with Gasteiger partial charge in [-0.15, -0.1) is 0 Å². The van der Waals surface area contributed by atoms with Gasteiger partial charge in [0.25, 0.3) is 0 Å². The zero-order valence-electron chi connectivity index (χ0n) is 9.57. The number of aliphatic hydroxyl groups is 1. The lowest BCUT2D eigenvalue weighted by Crippen LogP contribution is -2.53. The van der Waals surface area contributed by atoms with Crippen LogP contribution in [0, 0.1) is 11.8 Å². The van der Waals surface area contributed by atoms with Crippen LogP contribution in [0.1, 0.15) is 44.9 Å². The quantitative estimate of drug-likeness (QED) is 0.768. The van der Waals surface area contributed by atoms with Gasteiger partial charge in [-0.05, 0) is 50.4 Å². The molecular formula is C13H23NO. The fraction of sp³-hybridized carbons (Fsp3) is 1.00. The third-order valence-electron chi connectivity index (χ3n) is 4.65. The Morgan fingerprint density at radius 2 is 1.60 bits per heavy atom. The fourth-order valence-corrected chi connectivity index (χ4v) is 3.64. The molecule has 0 amide bonds. The maximum absolute atomic E-state index is 9.31. The molecule has 2 heterocycles. The van der Waals surface area contributed by atoms with Crippen molar-refractivity contribution < 1.29 is 5.11 Å². The molecule has 1 saturated carbocycles. The van der Waals surface area contributed by atoms with Gasteiger partial charge in [0, 0.05) is 25.2 Å². The largest absolute Gasteiger partial charge is 0.396 e. The van der Waals surface area contributed by atoms with Crippen LogP contribution in [0.4, 0.5) is 0 Å². The minimum Gasteiger partial charge on any atom is -0.396 e. The summed E-state index contributed by atoms with van der Waals surface area (Å²) in [5, 5.41) is 9.31. The average molecular weight is 209 g/mol. The Balaban J connectivity index is 1.66. The zero-order chi connectivity index (χ0) is 10.3.